The number of pyridine rings is 1. The number of likely N-dealkylation sites (tertiary alicyclic amines) is 1. The van der Waals surface area contributed by atoms with E-state index in [2.05, 4.69) is 47.1 Å². The average molecular weight is 1010 g/mol. The van der Waals surface area contributed by atoms with Crippen molar-refractivity contribution in [2.75, 3.05) is 62.6 Å². The molecule has 7 rings (SSSR count). The van der Waals surface area contributed by atoms with Gasteiger partial charge in [0.2, 0.25) is 24.0 Å². The van der Waals surface area contributed by atoms with Gasteiger partial charge in [0.25, 0.3) is 0 Å². The minimum Gasteiger partial charge on any atom is -0.461 e. The smallest absolute Gasteiger partial charge is 0.322 e. The number of aromatic nitrogens is 1. The lowest BCUT2D eigenvalue weighted by atomic mass is 9.97. The number of halogens is 1. The Morgan fingerprint density at radius 3 is 2.35 bits per heavy atom. The predicted octanol–water partition coefficient (Wildman–Crippen LogP) is 1.57. The van der Waals surface area contributed by atoms with Crippen molar-refractivity contribution in [3.05, 3.63) is 82.1 Å². The number of carbonyl (C=O) groups is 5. The number of unbranched alkanes of at least 4 members (excludes halogenated alkanes) is 1. The third kappa shape index (κ3) is 12.2. The topological polar surface area (TPSA) is 264 Å². The summed E-state index contributed by atoms with van der Waals surface area (Å²) in [6.07, 6.45) is 0.571. The second-order valence-corrected chi connectivity index (χ2v) is 18.6. The zero-order chi connectivity index (χ0) is 48.5. The SMILES string of the molecule is CC(=O)N[C@@H]1C(O)[C@H](O)[C@@H](CO)O[C@@H]1Oc1c(C)cc(C[C@@H](NC(=O)N2CCC(N3Cc4ccccc4NC3=O)CC2)C(=O)N[C@@H](CCCCN)C(=O)N2CCN(c3ccncc3)CC2)cc1Br. The van der Waals surface area contributed by atoms with E-state index < -0.39 is 67.2 Å². The highest BCUT2D eigenvalue weighted by molar-refractivity contribution is 9.10. The molecule has 3 aromatic rings. The Bertz CT molecular complexity index is 2220. The number of benzene rings is 2. The number of piperazine rings is 1. The van der Waals surface area contributed by atoms with Crippen LogP contribution in [-0.2, 0) is 32.1 Å². The number of rotatable bonds is 16. The van der Waals surface area contributed by atoms with Gasteiger partial charge in [0.1, 0.15) is 42.2 Å². The number of hydrogen-bond donors (Lipinski definition) is 8. The van der Waals surface area contributed by atoms with Gasteiger partial charge in [-0.1, -0.05) is 24.3 Å². The normalized spacial score (nSPS) is 22.9. The van der Waals surface area contributed by atoms with Gasteiger partial charge in [0.05, 0.1) is 11.1 Å². The molecule has 3 saturated heterocycles. The fourth-order valence-corrected chi connectivity index (χ4v) is 10.0. The van der Waals surface area contributed by atoms with E-state index in [4.69, 9.17) is 15.2 Å². The van der Waals surface area contributed by atoms with E-state index >= 15 is 0 Å². The average Bonchev–Trinajstić information content (AvgIpc) is 3.34. The molecule has 7 amide bonds. The third-order valence-corrected chi connectivity index (χ3v) is 13.7. The Morgan fingerprint density at radius 1 is 0.956 bits per heavy atom. The molecule has 5 heterocycles. The second kappa shape index (κ2) is 23.1. The summed E-state index contributed by atoms with van der Waals surface area (Å²) in [5.41, 5.74) is 9.83. The first-order valence-electron chi connectivity index (χ1n) is 23.2. The predicted molar refractivity (Wildman–Crippen MR) is 254 cm³/mol. The summed E-state index contributed by atoms with van der Waals surface area (Å²) in [4.78, 5) is 79.7. The highest BCUT2D eigenvalue weighted by Crippen LogP contribution is 2.35. The first kappa shape index (κ1) is 50.3. The van der Waals surface area contributed by atoms with Crippen molar-refractivity contribution < 1.29 is 48.8 Å². The summed E-state index contributed by atoms with van der Waals surface area (Å²) >= 11 is 3.58. The number of hydrogen-bond acceptors (Lipinski definition) is 13. The van der Waals surface area contributed by atoms with Crippen LogP contribution in [-0.4, -0.2) is 166 Å². The summed E-state index contributed by atoms with van der Waals surface area (Å²) in [5, 5.41) is 42.8. The number of nitrogens with two attached hydrogens (primary N) is 1. The molecule has 20 nitrogen and oxygen atoms in total. The third-order valence-electron chi connectivity index (χ3n) is 13.1. The minimum atomic E-state index is -1.52. The molecular formula is C47H63BrN10O10. The van der Waals surface area contributed by atoms with Crippen LogP contribution in [0.4, 0.5) is 21.0 Å². The molecule has 1 aromatic heterocycles. The molecule has 4 aliphatic heterocycles. The summed E-state index contributed by atoms with van der Waals surface area (Å²) in [6.45, 7) is 6.03. The van der Waals surface area contributed by atoms with Crippen molar-refractivity contribution in [1.29, 1.82) is 0 Å². The number of anilines is 2. The molecule has 368 valence electrons. The Hall–Kier alpha value is -5.58. The largest absolute Gasteiger partial charge is 0.461 e. The van der Waals surface area contributed by atoms with Crippen molar-refractivity contribution in [2.24, 2.45) is 5.73 Å². The molecule has 9 N–H and O–H groups in total. The van der Waals surface area contributed by atoms with E-state index in [9.17, 15) is 39.3 Å². The van der Waals surface area contributed by atoms with E-state index in [1.807, 2.05) is 36.4 Å². The van der Waals surface area contributed by atoms with Gasteiger partial charge in [-0.15, -0.1) is 0 Å². The summed E-state index contributed by atoms with van der Waals surface area (Å²) in [5.74, 6) is -1.01. The Kier molecular flexibility index (Phi) is 17.1. The lowest BCUT2D eigenvalue weighted by molar-refractivity contribution is -0.244. The number of urea groups is 2. The molecule has 3 fully saturated rings. The van der Waals surface area contributed by atoms with E-state index in [1.165, 1.54) is 6.92 Å². The zero-order valence-corrected chi connectivity index (χ0v) is 40.0. The molecule has 1 unspecified atom stereocenters. The number of aryl methyl sites for hydroxylation is 1. The molecular weight excluding hydrogens is 944 g/mol. The molecule has 21 heteroatoms. The van der Waals surface area contributed by atoms with E-state index in [1.54, 1.807) is 46.1 Å². The molecule has 4 aliphatic rings. The number of piperidine rings is 1. The van der Waals surface area contributed by atoms with Gasteiger partial charge in [-0.2, -0.15) is 0 Å². The number of carbonyl (C=O) groups excluding carboxylic acids is 5. The van der Waals surface area contributed by atoms with E-state index in [-0.39, 0.29) is 30.2 Å². The number of aliphatic hydroxyl groups is 3. The number of amides is 7. The lowest BCUT2D eigenvalue weighted by Gasteiger charge is -2.42. The maximum absolute atomic E-state index is 14.6. The first-order valence-corrected chi connectivity index (χ1v) is 24.0. The van der Waals surface area contributed by atoms with E-state index in [0.29, 0.717) is 100 Å². The summed E-state index contributed by atoms with van der Waals surface area (Å²) in [7, 11) is 0. The number of aliphatic hydroxyl groups excluding tert-OH is 3. The van der Waals surface area contributed by atoms with Gasteiger partial charge in [-0.05, 0) is 102 Å². The number of para-hydroxylation sites is 1. The number of fused-ring (bicyclic) bond motifs is 1. The van der Waals surface area contributed by atoms with Crippen molar-refractivity contribution in [2.45, 2.75) is 108 Å². The summed E-state index contributed by atoms with van der Waals surface area (Å²) < 4.78 is 12.4. The second-order valence-electron chi connectivity index (χ2n) is 17.8. The molecule has 0 spiro atoms. The Balaban J connectivity index is 1.08. The molecule has 7 atom stereocenters. The van der Waals surface area contributed by atoms with Crippen LogP contribution in [0.3, 0.4) is 0 Å². The van der Waals surface area contributed by atoms with Gasteiger partial charge in [0.15, 0.2) is 0 Å². The van der Waals surface area contributed by atoms with Crippen molar-refractivity contribution in [1.82, 2.24) is 35.6 Å². The van der Waals surface area contributed by atoms with Gasteiger partial charge in [0, 0.05) is 89.0 Å². The standard InChI is InChI=1S/C47H63BrN10O10/c1-28-23-30(24-34(48)42(28)68-45-39(51-29(2)60)41(62)40(61)38(27-59)67-45)25-37(54-46(65)57-17-12-33(13-18-57)58-26-31-7-3-4-8-35(31)53-47(58)66)43(63)52-36(9-5-6-14-49)44(64)56-21-19-55(20-22-56)32-10-15-50-16-11-32/h3-4,7-8,10-11,15-16,23-24,33,36-41,45,59,61-62H,5-6,9,12-14,17-22,25-27,49H2,1-2H3,(H,51,60)(H,52,63)(H,53,66)(H,54,65)/t36-,37+,38+,39+,40+,41?,45+/m0/s1. The van der Waals surface area contributed by atoms with Crippen LogP contribution in [0.15, 0.2) is 65.4 Å². The fourth-order valence-electron chi connectivity index (χ4n) is 9.32. The molecule has 0 bridgehead atoms. The monoisotopic (exact) mass is 1010 g/mol. The summed E-state index contributed by atoms with van der Waals surface area (Å²) in [6, 6.07) is 11.0. The van der Waals surface area contributed by atoms with Gasteiger partial charge in [-0.3, -0.25) is 19.4 Å². The lowest BCUT2D eigenvalue weighted by Crippen LogP contribution is -2.65. The maximum Gasteiger partial charge on any atom is 0.322 e. The number of nitrogens with one attached hydrogen (secondary N) is 4. The minimum absolute atomic E-state index is 0.00136. The Morgan fingerprint density at radius 2 is 1.68 bits per heavy atom. The van der Waals surface area contributed by atoms with Crippen molar-refractivity contribution >= 4 is 57.1 Å². The van der Waals surface area contributed by atoms with Crippen LogP contribution in [0.1, 0.15) is 55.7 Å². The van der Waals surface area contributed by atoms with Gasteiger partial charge >= 0.3 is 12.1 Å². The Labute approximate surface area is 404 Å². The molecule has 68 heavy (non-hydrogen) atoms. The van der Waals surface area contributed by atoms with Crippen LogP contribution in [0.25, 0.3) is 0 Å². The van der Waals surface area contributed by atoms with Crippen LogP contribution in [0.2, 0.25) is 0 Å². The number of ether oxygens (including phenoxy) is 2. The van der Waals surface area contributed by atoms with Crippen molar-refractivity contribution in [3.8, 4) is 5.75 Å². The molecule has 0 aliphatic carbocycles. The molecule has 0 saturated carbocycles. The van der Waals surface area contributed by atoms with Gasteiger partial charge < -0.3 is 71.4 Å². The zero-order valence-electron chi connectivity index (χ0n) is 38.4. The fraction of sp³-hybridized carbons (Fsp3) is 0.532. The van der Waals surface area contributed by atoms with Crippen LogP contribution in [0, 0.1) is 6.92 Å². The van der Waals surface area contributed by atoms with Crippen LogP contribution in [0.5, 0.6) is 5.75 Å². The van der Waals surface area contributed by atoms with Crippen molar-refractivity contribution in [3.63, 3.8) is 0 Å². The highest BCUT2D eigenvalue weighted by Gasteiger charge is 2.46. The molecule has 0 radical (unpaired) electrons. The van der Waals surface area contributed by atoms with E-state index in [0.717, 1.165) is 16.9 Å². The van der Waals surface area contributed by atoms with Crippen LogP contribution >= 0.6 is 15.9 Å². The maximum atomic E-state index is 14.6. The van der Waals surface area contributed by atoms with Gasteiger partial charge in [-0.25, -0.2) is 9.59 Å². The first-order chi connectivity index (χ1) is 32.7. The van der Waals surface area contributed by atoms with Crippen LogP contribution < -0.4 is 36.6 Å². The molecule has 2 aromatic carbocycles. The highest BCUT2D eigenvalue weighted by atomic mass is 79.9. The quantitative estimate of drug-likeness (QED) is 0.0950. The number of nitrogens with zero attached hydrogens (tertiary/aromatic N) is 5.